The first kappa shape index (κ1) is 16.0. The minimum Gasteiger partial charge on any atom is -0.298 e. The van der Waals surface area contributed by atoms with Gasteiger partial charge in [0.2, 0.25) is 0 Å². The van der Waals surface area contributed by atoms with Gasteiger partial charge < -0.3 is 0 Å². The average molecular weight is 387 g/mol. The summed E-state index contributed by atoms with van der Waals surface area (Å²) in [6.07, 6.45) is 5.38. The molecule has 23 heavy (non-hydrogen) atoms. The summed E-state index contributed by atoms with van der Waals surface area (Å²) < 4.78 is 3.18. The molecule has 0 saturated carbocycles. The Kier molecular flexibility index (Phi) is 5.25. The lowest BCUT2D eigenvalue weighted by atomic mass is 10.2. The Hall–Kier alpha value is -1.92. The maximum Gasteiger partial charge on any atom is 0.192 e. The van der Waals surface area contributed by atoms with Crippen molar-refractivity contribution in [2.45, 2.75) is 17.5 Å². The van der Waals surface area contributed by atoms with Crippen LogP contribution >= 0.6 is 27.7 Å². The molecule has 0 radical (unpaired) electrons. The van der Waals surface area contributed by atoms with Crippen molar-refractivity contribution in [2.24, 2.45) is 0 Å². The van der Waals surface area contributed by atoms with Gasteiger partial charge in [-0.15, -0.1) is 16.8 Å². The fraction of sp³-hybridized carbons (Fsp3) is 0.118. The Labute approximate surface area is 147 Å². The van der Waals surface area contributed by atoms with Gasteiger partial charge in [0.15, 0.2) is 11.0 Å². The van der Waals surface area contributed by atoms with E-state index in [0.717, 1.165) is 26.8 Å². The van der Waals surface area contributed by atoms with Crippen molar-refractivity contribution in [3.63, 3.8) is 0 Å². The van der Waals surface area contributed by atoms with Crippen molar-refractivity contribution in [1.82, 2.24) is 19.7 Å². The molecule has 3 aromatic rings. The molecule has 2 aromatic heterocycles. The van der Waals surface area contributed by atoms with Gasteiger partial charge >= 0.3 is 0 Å². The third-order valence-electron chi connectivity index (χ3n) is 3.28. The van der Waals surface area contributed by atoms with Gasteiger partial charge in [-0.25, -0.2) is 0 Å². The van der Waals surface area contributed by atoms with E-state index >= 15 is 0 Å². The van der Waals surface area contributed by atoms with Gasteiger partial charge in [0.25, 0.3) is 0 Å². The number of pyridine rings is 1. The largest absolute Gasteiger partial charge is 0.298 e. The third kappa shape index (κ3) is 3.71. The van der Waals surface area contributed by atoms with E-state index in [1.807, 2.05) is 36.4 Å². The number of halogens is 1. The standard InChI is InChI=1S/C17H15BrN4S/c1-2-11-22-16(13-7-9-19-10-8-13)20-21-17(22)23-12-14-5-3-4-6-15(14)18/h2-10H,1,11-12H2. The number of nitrogens with zero attached hydrogens (tertiary/aromatic N) is 4. The van der Waals surface area contributed by atoms with E-state index in [2.05, 4.69) is 48.3 Å². The fourth-order valence-electron chi connectivity index (χ4n) is 2.16. The zero-order chi connectivity index (χ0) is 16.1. The molecule has 4 nitrogen and oxygen atoms in total. The summed E-state index contributed by atoms with van der Waals surface area (Å²) in [5, 5.41) is 9.57. The molecule has 0 fully saturated rings. The highest BCUT2D eigenvalue weighted by molar-refractivity contribution is 9.10. The molecular formula is C17H15BrN4S. The van der Waals surface area contributed by atoms with Gasteiger partial charge in [0.1, 0.15) is 0 Å². The molecule has 0 amide bonds. The van der Waals surface area contributed by atoms with Crippen LogP contribution in [0.25, 0.3) is 11.4 Å². The van der Waals surface area contributed by atoms with E-state index in [1.54, 1.807) is 24.2 Å². The Balaban J connectivity index is 1.86. The van der Waals surface area contributed by atoms with Crippen LogP contribution < -0.4 is 0 Å². The van der Waals surface area contributed by atoms with E-state index in [-0.39, 0.29) is 0 Å². The van der Waals surface area contributed by atoms with E-state index in [1.165, 1.54) is 5.56 Å². The van der Waals surface area contributed by atoms with Crippen molar-refractivity contribution in [3.05, 3.63) is 71.5 Å². The van der Waals surface area contributed by atoms with Crippen molar-refractivity contribution >= 4 is 27.7 Å². The molecule has 0 unspecified atom stereocenters. The Morgan fingerprint density at radius 2 is 1.91 bits per heavy atom. The van der Waals surface area contributed by atoms with E-state index in [0.29, 0.717) is 6.54 Å². The molecule has 0 atom stereocenters. The molecule has 2 heterocycles. The second-order valence-corrected chi connectivity index (χ2v) is 6.62. The quantitative estimate of drug-likeness (QED) is 0.459. The van der Waals surface area contributed by atoms with E-state index in [4.69, 9.17) is 0 Å². The van der Waals surface area contributed by atoms with Crippen molar-refractivity contribution < 1.29 is 0 Å². The number of benzene rings is 1. The zero-order valence-corrected chi connectivity index (χ0v) is 14.8. The smallest absolute Gasteiger partial charge is 0.192 e. The fourth-order valence-corrected chi connectivity index (χ4v) is 3.72. The van der Waals surface area contributed by atoms with Crippen LogP contribution in [0.2, 0.25) is 0 Å². The first-order valence-corrected chi connectivity index (χ1v) is 8.88. The summed E-state index contributed by atoms with van der Waals surface area (Å²) in [6.45, 7) is 4.51. The Morgan fingerprint density at radius 3 is 2.65 bits per heavy atom. The van der Waals surface area contributed by atoms with Crippen LogP contribution in [0, 0.1) is 0 Å². The number of allylic oxidation sites excluding steroid dienone is 1. The lowest BCUT2D eigenvalue weighted by Gasteiger charge is -2.08. The lowest BCUT2D eigenvalue weighted by Crippen LogP contribution is -2.00. The molecule has 0 N–H and O–H groups in total. The highest BCUT2D eigenvalue weighted by atomic mass is 79.9. The molecule has 0 aliphatic carbocycles. The summed E-state index contributed by atoms with van der Waals surface area (Å²) in [6, 6.07) is 12.1. The van der Waals surface area contributed by atoms with Gasteiger partial charge in [-0.3, -0.25) is 9.55 Å². The minimum absolute atomic E-state index is 0.670. The Morgan fingerprint density at radius 1 is 1.13 bits per heavy atom. The van der Waals surface area contributed by atoms with E-state index in [9.17, 15) is 0 Å². The third-order valence-corrected chi connectivity index (χ3v) is 5.07. The molecule has 1 aromatic carbocycles. The summed E-state index contributed by atoms with van der Waals surface area (Å²) in [4.78, 5) is 4.05. The van der Waals surface area contributed by atoms with Crippen LogP contribution in [-0.4, -0.2) is 19.7 Å². The van der Waals surface area contributed by atoms with Gasteiger partial charge in [0.05, 0.1) is 0 Å². The highest BCUT2D eigenvalue weighted by Gasteiger charge is 2.13. The second-order valence-electron chi connectivity index (χ2n) is 4.82. The summed E-state index contributed by atoms with van der Waals surface area (Å²) in [5.41, 5.74) is 2.23. The predicted octanol–water partition coefficient (Wildman–Crippen LogP) is 4.58. The van der Waals surface area contributed by atoms with Crippen LogP contribution in [-0.2, 0) is 12.3 Å². The highest BCUT2D eigenvalue weighted by Crippen LogP contribution is 2.28. The van der Waals surface area contributed by atoms with Gasteiger partial charge in [-0.05, 0) is 23.8 Å². The minimum atomic E-state index is 0.670. The number of aromatic nitrogens is 4. The molecule has 3 rings (SSSR count). The molecular weight excluding hydrogens is 372 g/mol. The Bertz CT molecular complexity index is 801. The first-order chi connectivity index (χ1) is 11.3. The number of thioether (sulfide) groups is 1. The molecule has 0 spiro atoms. The van der Waals surface area contributed by atoms with Gasteiger partial charge in [-0.1, -0.05) is 52.0 Å². The summed E-state index contributed by atoms with van der Waals surface area (Å²) in [5.74, 6) is 1.66. The van der Waals surface area contributed by atoms with Crippen LogP contribution in [0.1, 0.15) is 5.56 Å². The van der Waals surface area contributed by atoms with Gasteiger partial charge in [0, 0.05) is 34.7 Å². The molecule has 0 aliphatic heterocycles. The average Bonchev–Trinajstić information content (AvgIpc) is 2.98. The van der Waals surface area contributed by atoms with Crippen LogP contribution in [0.5, 0.6) is 0 Å². The number of hydrogen-bond acceptors (Lipinski definition) is 4. The molecule has 0 bridgehead atoms. The zero-order valence-electron chi connectivity index (χ0n) is 12.4. The maximum absolute atomic E-state index is 4.35. The van der Waals surface area contributed by atoms with E-state index < -0.39 is 0 Å². The predicted molar refractivity (Wildman–Crippen MR) is 97.2 cm³/mol. The van der Waals surface area contributed by atoms with Crippen molar-refractivity contribution in [1.29, 1.82) is 0 Å². The number of rotatable bonds is 6. The SMILES string of the molecule is C=CCn1c(SCc2ccccc2Br)nnc1-c1ccncc1. The van der Waals surface area contributed by atoms with Crippen LogP contribution in [0.4, 0.5) is 0 Å². The first-order valence-electron chi connectivity index (χ1n) is 7.10. The lowest BCUT2D eigenvalue weighted by molar-refractivity contribution is 0.731. The van der Waals surface area contributed by atoms with Crippen molar-refractivity contribution in [3.8, 4) is 11.4 Å². The molecule has 6 heteroatoms. The van der Waals surface area contributed by atoms with Crippen molar-refractivity contribution in [2.75, 3.05) is 0 Å². The summed E-state index contributed by atoms with van der Waals surface area (Å²) in [7, 11) is 0. The maximum atomic E-state index is 4.35. The second kappa shape index (κ2) is 7.57. The normalized spacial score (nSPS) is 10.7. The molecule has 116 valence electrons. The molecule has 0 saturated heterocycles. The number of hydrogen-bond donors (Lipinski definition) is 0. The molecule has 0 aliphatic rings. The topological polar surface area (TPSA) is 43.6 Å². The monoisotopic (exact) mass is 386 g/mol. The van der Waals surface area contributed by atoms with Crippen LogP contribution in [0.3, 0.4) is 0 Å². The van der Waals surface area contributed by atoms with Gasteiger partial charge in [-0.2, -0.15) is 0 Å². The van der Waals surface area contributed by atoms with Crippen LogP contribution in [0.15, 0.2) is 71.1 Å². The summed E-state index contributed by atoms with van der Waals surface area (Å²) >= 11 is 5.25.